The summed E-state index contributed by atoms with van der Waals surface area (Å²) < 4.78 is 0. The van der Waals surface area contributed by atoms with E-state index in [0.717, 1.165) is 0 Å². The van der Waals surface area contributed by atoms with Crippen molar-refractivity contribution in [3.63, 3.8) is 0 Å². The Morgan fingerprint density at radius 2 is 2.38 bits per heavy atom. The summed E-state index contributed by atoms with van der Waals surface area (Å²) in [7, 11) is 0. The summed E-state index contributed by atoms with van der Waals surface area (Å²) in [5.74, 6) is 3.32. The molecule has 0 bridgehead atoms. The van der Waals surface area contributed by atoms with E-state index in [1.54, 1.807) is 0 Å². The second-order valence-corrected chi connectivity index (χ2v) is 5.29. The zero-order chi connectivity index (χ0) is 9.36. The number of unbranched alkanes of at least 4 members (excludes halogenated alkanes) is 1. The Bertz CT molecular complexity index is 217. The SMILES string of the molecule is CCCC[Se]C#CC1=CCCCC1. The van der Waals surface area contributed by atoms with E-state index in [9.17, 15) is 0 Å². The molecule has 0 radical (unpaired) electrons. The van der Waals surface area contributed by atoms with Gasteiger partial charge in [0.25, 0.3) is 0 Å². The molecule has 0 spiro atoms. The molecule has 0 nitrogen and oxygen atoms in total. The number of rotatable bonds is 3. The van der Waals surface area contributed by atoms with Crippen molar-refractivity contribution in [2.45, 2.75) is 50.8 Å². The van der Waals surface area contributed by atoms with Gasteiger partial charge in [-0.2, -0.15) is 0 Å². The summed E-state index contributed by atoms with van der Waals surface area (Å²) in [6.45, 7) is 2.24. The van der Waals surface area contributed by atoms with Crippen molar-refractivity contribution < 1.29 is 0 Å². The summed E-state index contributed by atoms with van der Waals surface area (Å²) in [5.41, 5.74) is 1.41. The maximum absolute atomic E-state index is 3.33. The van der Waals surface area contributed by atoms with Crippen LogP contribution in [0.2, 0.25) is 5.32 Å². The predicted octanol–water partition coefficient (Wildman–Crippen LogP) is 3.37. The first-order valence-corrected chi connectivity index (χ1v) is 7.32. The Morgan fingerprint density at radius 1 is 1.46 bits per heavy atom. The molecular formula is C12H18Se. The zero-order valence-electron chi connectivity index (χ0n) is 8.44. The van der Waals surface area contributed by atoms with Gasteiger partial charge in [0.1, 0.15) is 0 Å². The van der Waals surface area contributed by atoms with Crippen LogP contribution in [0, 0.1) is 10.7 Å². The van der Waals surface area contributed by atoms with Crippen molar-refractivity contribution >= 4 is 15.0 Å². The Hall–Kier alpha value is -0.181. The Labute approximate surface area is 88.3 Å². The molecule has 0 aromatic rings. The monoisotopic (exact) mass is 242 g/mol. The van der Waals surface area contributed by atoms with Crippen molar-refractivity contribution in [1.82, 2.24) is 0 Å². The Morgan fingerprint density at radius 3 is 3.08 bits per heavy atom. The molecule has 1 heteroatoms. The zero-order valence-corrected chi connectivity index (χ0v) is 10.1. The molecule has 0 saturated heterocycles. The summed E-state index contributed by atoms with van der Waals surface area (Å²) in [6.07, 6.45) is 10.2. The van der Waals surface area contributed by atoms with E-state index in [1.807, 2.05) is 0 Å². The molecule has 0 saturated carbocycles. The molecule has 13 heavy (non-hydrogen) atoms. The minimum atomic E-state index is 0.578. The van der Waals surface area contributed by atoms with Crippen LogP contribution in [-0.4, -0.2) is 15.0 Å². The topological polar surface area (TPSA) is 0 Å². The molecule has 0 fully saturated rings. The fraction of sp³-hybridized carbons (Fsp3) is 0.667. The molecule has 72 valence electrons. The van der Waals surface area contributed by atoms with Crippen LogP contribution in [0.4, 0.5) is 0 Å². The van der Waals surface area contributed by atoms with Crippen LogP contribution in [0.25, 0.3) is 0 Å². The van der Waals surface area contributed by atoms with E-state index in [0.29, 0.717) is 15.0 Å². The first kappa shape index (κ1) is 10.9. The van der Waals surface area contributed by atoms with E-state index in [-0.39, 0.29) is 0 Å². The molecule has 0 heterocycles. The van der Waals surface area contributed by atoms with Crippen molar-refractivity contribution in [3.05, 3.63) is 11.6 Å². The molecule has 0 atom stereocenters. The molecule has 0 N–H and O–H groups in total. The second-order valence-electron chi connectivity index (χ2n) is 3.40. The minimum absolute atomic E-state index is 0.578. The van der Waals surface area contributed by atoms with Crippen molar-refractivity contribution in [2.75, 3.05) is 0 Å². The van der Waals surface area contributed by atoms with Crippen LogP contribution in [-0.2, 0) is 0 Å². The number of allylic oxidation sites excluding steroid dienone is 2. The average molecular weight is 241 g/mol. The van der Waals surface area contributed by atoms with Crippen LogP contribution < -0.4 is 0 Å². The van der Waals surface area contributed by atoms with Gasteiger partial charge >= 0.3 is 88.1 Å². The summed E-state index contributed by atoms with van der Waals surface area (Å²) in [6, 6.07) is 0. The van der Waals surface area contributed by atoms with Crippen LogP contribution in [0.5, 0.6) is 0 Å². The Kier molecular flexibility index (Phi) is 6.07. The van der Waals surface area contributed by atoms with Crippen LogP contribution >= 0.6 is 0 Å². The number of hydrogen-bond acceptors (Lipinski definition) is 0. The molecule has 1 rings (SSSR count). The molecule has 0 amide bonds. The molecule has 0 aromatic carbocycles. The second kappa shape index (κ2) is 7.24. The molecule has 0 unspecified atom stereocenters. The van der Waals surface area contributed by atoms with Gasteiger partial charge in [0.05, 0.1) is 0 Å². The number of hydrogen-bond donors (Lipinski definition) is 0. The third-order valence-electron chi connectivity index (χ3n) is 2.17. The molecule has 0 aromatic heterocycles. The van der Waals surface area contributed by atoms with Crippen LogP contribution in [0.15, 0.2) is 11.6 Å². The first-order valence-electron chi connectivity index (χ1n) is 5.25. The van der Waals surface area contributed by atoms with E-state index in [4.69, 9.17) is 0 Å². The van der Waals surface area contributed by atoms with Crippen molar-refractivity contribution in [2.24, 2.45) is 0 Å². The third-order valence-corrected chi connectivity index (χ3v) is 3.73. The fourth-order valence-electron chi connectivity index (χ4n) is 1.32. The van der Waals surface area contributed by atoms with Gasteiger partial charge in [-0.05, 0) is 0 Å². The van der Waals surface area contributed by atoms with Gasteiger partial charge in [0.15, 0.2) is 0 Å². The quantitative estimate of drug-likeness (QED) is 0.404. The van der Waals surface area contributed by atoms with E-state index < -0.39 is 0 Å². The summed E-state index contributed by atoms with van der Waals surface area (Å²) in [4.78, 5) is 3.33. The maximum atomic E-state index is 3.33. The van der Waals surface area contributed by atoms with Crippen LogP contribution in [0.3, 0.4) is 0 Å². The molecule has 0 aliphatic heterocycles. The molecule has 1 aliphatic carbocycles. The van der Waals surface area contributed by atoms with Gasteiger partial charge in [-0.3, -0.25) is 0 Å². The predicted molar refractivity (Wildman–Crippen MR) is 59.8 cm³/mol. The summed E-state index contributed by atoms with van der Waals surface area (Å²) in [5, 5.41) is 1.34. The van der Waals surface area contributed by atoms with Crippen molar-refractivity contribution in [1.29, 1.82) is 0 Å². The van der Waals surface area contributed by atoms with Crippen molar-refractivity contribution in [3.8, 4) is 10.7 Å². The van der Waals surface area contributed by atoms with E-state index >= 15 is 0 Å². The van der Waals surface area contributed by atoms with Gasteiger partial charge in [-0.1, -0.05) is 0 Å². The van der Waals surface area contributed by atoms with Gasteiger partial charge in [-0.15, -0.1) is 0 Å². The van der Waals surface area contributed by atoms with Gasteiger partial charge in [0.2, 0.25) is 0 Å². The first-order chi connectivity index (χ1) is 6.43. The average Bonchev–Trinajstić information content (AvgIpc) is 2.19. The third kappa shape index (κ3) is 5.19. The summed E-state index contributed by atoms with van der Waals surface area (Å²) >= 11 is 0.578. The normalized spacial score (nSPS) is 15.9. The standard InChI is InChI=1S/C12H18Se/c1-2-3-10-13-11-9-12-7-5-4-6-8-12/h7H,2-6,8,10H2,1H3. The van der Waals surface area contributed by atoms with E-state index in [2.05, 4.69) is 23.7 Å². The fourth-order valence-corrected chi connectivity index (χ4v) is 2.87. The van der Waals surface area contributed by atoms with Gasteiger partial charge in [0, 0.05) is 0 Å². The van der Waals surface area contributed by atoms with E-state index in [1.165, 1.54) is 49.4 Å². The molecular weight excluding hydrogens is 223 g/mol. The van der Waals surface area contributed by atoms with Gasteiger partial charge in [-0.25, -0.2) is 0 Å². The van der Waals surface area contributed by atoms with Crippen LogP contribution in [0.1, 0.15) is 45.4 Å². The van der Waals surface area contributed by atoms with Gasteiger partial charge < -0.3 is 0 Å². The molecule has 1 aliphatic rings. The Balaban J connectivity index is 2.17.